The predicted molar refractivity (Wildman–Crippen MR) is 105 cm³/mol. The molecular weight excluding hydrogens is 326 g/mol. The van der Waals surface area contributed by atoms with Crippen molar-refractivity contribution in [2.24, 2.45) is 0 Å². The molecule has 3 heterocycles. The van der Waals surface area contributed by atoms with Crippen LogP contribution < -0.4 is 0 Å². The van der Waals surface area contributed by atoms with E-state index in [9.17, 15) is 0 Å². The second-order valence-electron chi connectivity index (χ2n) is 6.99. The predicted octanol–water partition coefficient (Wildman–Crippen LogP) is 5.56. The lowest BCUT2D eigenvalue weighted by Gasteiger charge is -2.29. The highest BCUT2D eigenvalue weighted by molar-refractivity contribution is 7.10. The van der Waals surface area contributed by atoms with Gasteiger partial charge in [-0.1, -0.05) is 48.7 Å². The fourth-order valence-corrected chi connectivity index (χ4v) is 4.68. The summed E-state index contributed by atoms with van der Waals surface area (Å²) in [5, 5.41) is 9.77. The standard InChI is InChI=1S/C21H25N3S/c1-16-8-10-17(11-9-16)21-18(14-22-23-21)15-24-12-4-2-3-6-19(24)20-7-5-13-25-20/h5,7-11,13-14,19H,2-4,6,12,15H2,1H3,(H,22,23)/t19-/m1/s1. The Morgan fingerprint density at radius 3 is 2.84 bits per heavy atom. The van der Waals surface area contributed by atoms with Crippen LogP contribution in [-0.2, 0) is 6.54 Å². The van der Waals surface area contributed by atoms with Gasteiger partial charge in [-0.3, -0.25) is 10.00 Å². The second kappa shape index (κ2) is 7.54. The van der Waals surface area contributed by atoms with Crippen molar-refractivity contribution in [3.05, 3.63) is 64.0 Å². The van der Waals surface area contributed by atoms with Crippen LogP contribution in [0.5, 0.6) is 0 Å². The van der Waals surface area contributed by atoms with Crippen molar-refractivity contribution in [1.29, 1.82) is 0 Å². The molecule has 1 saturated heterocycles. The van der Waals surface area contributed by atoms with Crippen LogP contribution in [0.4, 0.5) is 0 Å². The van der Waals surface area contributed by atoms with Crippen LogP contribution in [0.25, 0.3) is 11.3 Å². The quantitative estimate of drug-likeness (QED) is 0.667. The number of hydrogen-bond donors (Lipinski definition) is 1. The third-order valence-corrected chi connectivity index (χ3v) is 6.14. The summed E-state index contributed by atoms with van der Waals surface area (Å²) in [7, 11) is 0. The molecule has 1 aliphatic rings. The van der Waals surface area contributed by atoms with E-state index in [0.29, 0.717) is 6.04 Å². The molecule has 0 bridgehead atoms. The normalized spacial score (nSPS) is 19.0. The summed E-state index contributed by atoms with van der Waals surface area (Å²) in [6, 6.07) is 13.7. The van der Waals surface area contributed by atoms with Crippen molar-refractivity contribution in [2.75, 3.05) is 6.54 Å². The molecule has 0 saturated carbocycles. The van der Waals surface area contributed by atoms with E-state index in [4.69, 9.17) is 0 Å². The first kappa shape index (κ1) is 16.6. The van der Waals surface area contributed by atoms with Crippen LogP contribution in [0, 0.1) is 6.92 Å². The van der Waals surface area contributed by atoms with Gasteiger partial charge in [-0.05, 0) is 43.3 Å². The molecule has 25 heavy (non-hydrogen) atoms. The molecule has 1 N–H and O–H groups in total. The van der Waals surface area contributed by atoms with Crippen molar-refractivity contribution >= 4 is 11.3 Å². The average molecular weight is 352 g/mol. The molecule has 0 unspecified atom stereocenters. The van der Waals surface area contributed by atoms with Crippen LogP contribution in [0.15, 0.2) is 48.0 Å². The number of H-pyrrole nitrogens is 1. The molecule has 1 aliphatic heterocycles. The molecule has 1 aromatic carbocycles. The van der Waals surface area contributed by atoms with Gasteiger partial charge in [0.1, 0.15) is 0 Å². The maximum Gasteiger partial charge on any atom is 0.0695 e. The molecule has 2 aromatic heterocycles. The minimum atomic E-state index is 0.545. The van der Waals surface area contributed by atoms with Crippen molar-refractivity contribution in [2.45, 2.75) is 45.2 Å². The van der Waals surface area contributed by atoms with E-state index in [1.807, 2.05) is 17.5 Å². The molecule has 3 aromatic rings. The first-order valence-electron chi connectivity index (χ1n) is 9.18. The topological polar surface area (TPSA) is 31.9 Å². The van der Waals surface area contributed by atoms with E-state index in [-0.39, 0.29) is 0 Å². The number of nitrogens with one attached hydrogen (secondary N) is 1. The van der Waals surface area contributed by atoms with E-state index in [0.717, 1.165) is 12.2 Å². The highest BCUT2D eigenvalue weighted by atomic mass is 32.1. The van der Waals surface area contributed by atoms with Gasteiger partial charge in [0.25, 0.3) is 0 Å². The summed E-state index contributed by atoms with van der Waals surface area (Å²) < 4.78 is 0. The lowest BCUT2D eigenvalue weighted by molar-refractivity contribution is 0.195. The summed E-state index contributed by atoms with van der Waals surface area (Å²) >= 11 is 1.89. The number of aryl methyl sites for hydroxylation is 1. The Hall–Kier alpha value is -1.91. The molecule has 0 spiro atoms. The van der Waals surface area contributed by atoms with Gasteiger partial charge >= 0.3 is 0 Å². The molecule has 3 nitrogen and oxygen atoms in total. The van der Waals surface area contributed by atoms with Crippen molar-refractivity contribution < 1.29 is 0 Å². The number of aromatic nitrogens is 2. The summed E-state index contributed by atoms with van der Waals surface area (Å²) in [6.07, 6.45) is 7.23. The Morgan fingerprint density at radius 2 is 2.04 bits per heavy atom. The van der Waals surface area contributed by atoms with Gasteiger partial charge in [0.05, 0.1) is 11.9 Å². The Bertz CT molecular complexity index is 789. The number of thiophene rings is 1. The van der Waals surface area contributed by atoms with E-state index in [2.05, 4.69) is 63.8 Å². The van der Waals surface area contributed by atoms with Crippen molar-refractivity contribution in [1.82, 2.24) is 15.1 Å². The molecule has 4 rings (SSSR count). The Labute approximate surface area is 153 Å². The fourth-order valence-electron chi connectivity index (χ4n) is 3.78. The van der Waals surface area contributed by atoms with E-state index in [1.165, 1.54) is 53.8 Å². The number of likely N-dealkylation sites (tertiary alicyclic amines) is 1. The Morgan fingerprint density at radius 1 is 1.16 bits per heavy atom. The number of rotatable bonds is 4. The molecule has 0 aliphatic carbocycles. The highest BCUT2D eigenvalue weighted by Crippen LogP contribution is 2.35. The molecule has 130 valence electrons. The van der Waals surface area contributed by atoms with Gasteiger partial charge in [-0.2, -0.15) is 5.10 Å². The van der Waals surface area contributed by atoms with Gasteiger partial charge in [0.2, 0.25) is 0 Å². The maximum absolute atomic E-state index is 4.35. The van der Waals surface area contributed by atoms with Crippen LogP contribution in [0.2, 0.25) is 0 Å². The zero-order valence-corrected chi connectivity index (χ0v) is 15.6. The molecule has 1 atom stereocenters. The minimum Gasteiger partial charge on any atom is -0.291 e. The minimum absolute atomic E-state index is 0.545. The fraction of sp³-hybridized carbons (Fsp3) is 0.381. The molecular formula is C21H25N3S. The molecule has 1 fully saturated rings. The largest absolute Gasteiger partial charge is 0.291 e. The maximum atomic E-state index is 4.35. The second-order valence-corrected chi connectivity index (χ2v) is 7.97. The third-order valence-electron chi connectivity index (χ3n) is 5.17. The number of aromatic amines is 1. The van der Waals surface area contributed by atoms with Gasteiger partial charge < -0.3 is 0 Å². The first-order chi connectivity index (χ1) is 12.3. The van der Waals surface area contributed by atoms with E-state index >= 15 is 0 Å². The van der Waals surface area contributed by atoms with Crippen LogP contribution in [-0.4, -0.2) is 21.6 Å². The first-order valence-corrected chi connectivity index (χ1v) is 10.1. The summed E-state index contributed by atoms with van der Waals surface area (Å²) in [5.74, 6) is 0. The summed E-state index contributed by atoms with van der Waals surface area (Å²) in [4.78, 5) is 4.16. The average Bonchev–Trinajstić information content (AvgIpc) is 3.25. The lowest BCUT2D eigenvalue weighted by atomic mass is 10.0. The number of nitrogens with zero attached hydrogens (tertiary/aromatic N) is 2. The van der Waals surface area contributed by atoms with Gasteiger partial charge in [0, 0.05) is 23.0 Å². The van der Waals surface area contributed by atoms with Crippen LogP contribution >= 0.6 is 11.3 Å². The Balaban J connectivity index is 1.60. The van der Waals surface area contributed by atoms with E-state index in [1.54, 1.807) is 0 Å². The molecule has 0 radical (unpaired) electrons. The lowest BCUT2D eigenvalue weighted by Crippen LogP contribution is -2.27. The Kier molecular flexibility index (Phi) is 4.99. The summed E-state index contributed by atoms with van der Waals surface area (Å²) in [5.41, 5.74) is 4.97. The van der Waals surface area contributed by atoms with Gasteiger partial charge in [-0.15, -0.1) is 11.3 Å². The van der Waals surface area contributed by atoms with Crippen LogP contribution in [0.1, 0.15) is 47.7 Å². The number of benzene rings is 1. The van der Waals surface area contributed by atoms with Gasteiger partial charge in [-0.25, -0.2) is 0 Å². The van der Waals surface area contributed by atoms with Crippen molar-refractivity contribution in [3.63, 3.8) is 0 Å². The van der Waals surface area contributed by atoms with Crippen LogP contribution in [0.3, 0.4) is 0 Å². The smallest absolute Gasteiger partial charge is 0.0695 e. The molecule has 4 heteroatoms. The van der Waals surface area contributed by atoms with Crippen molar-refractivity contribution in [3.8, 4) is 11.3 Å². The highest BCUT2D eigenvalue weighted by Gasteiger charge is 2.24. The number of hydrogen-bond acceptors (Lipinski definition) is 3. The van der Waals surface area contributed by atoms with Gasteiger partial charge in [0.15, 0.2) is 0 Å². The zero-order valence-electron chi connectivity index (χ0n) is 14.7. The molecule has 0 amide bonds. The zero-order chi connectivity index (χ0) is 17.1. The summed E-state index contributed by atoms with van der Waals surface area (Å²) in [6.45, 7) is 4.25. The van der Waals surface area contributed by atoms with E-state index < -0.39 is 0 Å². The SMILES string of the molecule is Cc1ccc(-c2[nH]ncc2CN2CCCCC[C@@H]2c2cccs2)cc1. The monoisotopic (exact) mass is 351 g/mol. The third kappa shape index (κ3) is 3.70.